The van der Waals surface area contributed by atoms with Gasteiger partial charge >= 0.3 is 5.97 Å². The second-order valence-electron chi connectivity index (χ2n) is 12.8. The van der Waals surface area contributed by atoms with Gasteiger partial charge in [-0.05, 0) is 38.7 Å². The Morgan fingerprint density at radius 3 is 1.26 bits per heavy atom. The standard InChI is InChI=1S/C36H66O3/c1-3-4-5-6-7-8-9-14-17-20-23-26-29-34-35(39-34)30-27-24-21-18-15-12-10-11-13-16-19-22-25-28-33-31-32(2)38-36(33)37/h31-32,34-35H,3-30H2,1-2H3/t32-,34+,35-/m0/s1. The van der Waals surface area contributed by atoms with Crippen LogP contribution >= 0.6 is 0 Å². The number of ether oxygens (including phenoxy) is 2. The molecule has 0 saturated carbocycles. The number of carbonyl (C=O) groups is 1. The first kappa shape index (κ1) is 34.4. The minimum Gasteiger partial charge on any atom is -0.455 e. The zero-order valence-electron chi connectivity index (χ0n) is 26.3. The Balaban J connectivity index is 1.20. The molecule has 2 rings (SSSR count). The van der Waals surface area contributed by atoms with Gasteiger partial charge in [0.15, 0.2) is 0 Å². The second-order valence-corrected chi connectivity index (χ2v) is 12.8. The van der Waals surface area contributed by atoms with E-state index in [-0.39, 0.29) is 12.1 Å². The highest BCUT2D eigenvalue weighted by atomic mass is 16.6. The van der Waals surface area contributed by atoms with E-state index in [0.29, 0.717) is 12.2 Å². The molecule has 1 fully saturated rings. The third-order valence-electron chi connectivity index (χ3n) is 8.96. The lowest BCUT2D eigenvalue weighted by molar-refractivity contribution is -0.139. The van der Waals surface area contributed by atoms with E-state index in [2.05, 4.69) is 6.92 Å². The van der Waals surface area contributed by atoms with Crippen molar-refractivity contribution in [2.75, 3.05) is 0 Å². The molecule has 0 aromatic heterocycles. The maximum absolute atomic E-state index is 11.6. The van der Waals surface area contributed by atoms with Gasteiger partial charge in [0, 0.05) is 5.57 Å². The van der Waals surface area contributed by atoms with Crippen LogP contribution in [0.5, 0.6) is 0 Å². The predicted molar refractivity (Wildman–Crippen MR) is 167 cm³/mol. The van der Waals surface area contributed by atoms with Crippen molar-refractivity contribution in [1.29, 1.82) is 0 Å². The van der Waals surface area contributed by atoms with Crippen LogP contribution in [0.25, 0.3) is 0 Å². The van der Waals surface area contributed by atoms with Crippen LogP contribution in [0, 0.1) is 0 Å². The number of cyclic esters (lactones) is 1. The average molecular weight is 547 g/mol. The fraction of sp³-hybridized carbons (Fsp3) is 0.917. The van der Waals surface area contributed by atoms with Gasteiger partial charge in [0.1, 0.15) is 6.10 Å². The summed E-state index contributed by atoms with van der Waals surface area (Å²) in [6, 6.07) is 0. The second kappa shape index (κ2) is 23.8. The largest absolute Gasteiger partial charge is 0.455 e. The summed E-state index contributed by atoms with van der Waals surface area (Å²) in [7, 11) is 0. The number of hydrogen-bond donors (Lipinski definition) is 0. The molecule has 0 N–H and O–H groups in total. The molecule has 1 saturated heterocycles. The number of epoxide rings is 1. The van der Waals surface area contributed by atoms with Crippen LogP contribution in [0.1, 0.15) is 194 Å². The summed E-state index contributed by atoms with van der Waals surface area (Å²) in [5.41, 5.74) is 0.901. The quantitative estimate of drug-likeness (QED) is 0.0532. The van der Waals surface area contributed by atoms with Gasteiger partial charge in [0.2, 0.25) is 0 Å². The van der Waals surface area contributed by atoms with Crippen LogP contribution in [0.2, 0.25) is 0 Å². The van der Waals surface area contributed by atoms with Gasteiger partial charge in [0.25, 0.3) is 0 Å². The zero-order valence-corrected chi connectivity index (χ0v) is 26.3. The number of carbonyl (C=O) groups excluding carboxylic acids is 1. The van der Waals surface area contributed by atoms with Gasteiger partial charge in [0.05, 0.1) is 12.2 Å². The molecule has 0 amide bonds. The van der Waals surface area contributed by atoms with Gasteiger partial charge in [-0.2, -0.15) is 0 Å². The third-order valence-corrected chi connectivity index (χ3v) is 8.96. The van der Waals surface area contributed by atoms with E-state index in [1.165, 1.54) is 167 Å². The highest BCUT2D eigenvalue weighted by Crippen LogP contribution is 2.32. The van der Waals surface area contributed by atoms with Crippen molar-refractivity contribution in [3.8, 4) is 0 Å². The summed E-state index contributed by atoms with van der Waals surface area (Å²) in [6.07, 6.45) is 41.6. The van der Waals surface area contributed by atoms with E-state index >= 15 is 0 Å². The lowest BCUT2D eigenvalue weighted by Crippen LogP contribution is -2.03. The maximum atomic E-state index is 11.6. The Bertz CT molecular complexity index is 612. The maximum Gasteiger partial charge on any atom is 0.334 e. The van der Waals surface area contributed by atoms with E-state index < -0.39 is 0 Å². The van der Waals surface area contributed by atoms with Gasteiger partial charge in [-0.25, -0.2) is 4.79 Å². The normalized spacial score (nSPS) is 20.4. The minimum atomic E-state index is -0.0895. The number of unbranched alkanes of at least 4 members (excludes halogenated alkanes) is 23. The highest BCUT2D eigenvalue weighted by Gasteiger charge is 2.36. The molecule has 2 heterocycles. The van der Waals surface area contributed by atoms with Crippen molar-refractivity contribution in [3.05, 3.63) is 11.6 Å². The van der Waals surface area contributed by atoms with Crippen LogP contribution in [0.3, 0.4) is 0 Å². The van der Waals surface area contributed by atoms with Crippen LogP contribution in [-0.2, 0) is 14.3 Å². The molecule has 0 radical (unpaired) electrons. The first-order valence-electron chi connectivity index (χ1n) is 17.8. The van der Waals surface area contributed by atoms with Crippen LogP contribution < -0.4 is 0 Å². The molecular weight excluding hydrogens is 480 g/mol. The number of rotatable bonds is 29. The number of esters is 1. The molecule has 39 heavy (non-hydrogen) atoms. The SMILES string of the molecule is CCCCCCCCCCCCCC[C@H]1O[C@H]1CCCCCCCCCCCCCCCC1=C[C@H](C)OC1=O. The van der Waals surface area contributed by atoms with E-state index in [1.54, 1.807) is 0 Å². The molecule has 0 unspecified atom stereocenters. The van der Waals surface area contributed by atoms with Gasteiger partial charge in [-0.1, -0.05) is 161 Å². The lowest BCUT2D eigenvalue weighted by Gasteiger charge is -2.04. The van der Waals surface area contributed by atoms with Crippen molar-refractivity contribution >= 4 is 5.97 Å². The lowest BCUT2D eigenvalue weighted by atomic mass is 10.0. The predicted octanol–water partition coefficient (Wildman–Crippen LogP) is 11.6. The minimum absolute atomic E-state index is 0.0174. The molecule has 2 aliphatic heterocycles. The molecule has 0 aromatic carbocycles. The number of hydrogen-bond acceptors (Lipinski definition) is 3. The smallest absolute Gasteiger partial charge is 0.334 e. The molecular formula is C36H66O3. The van der Waals surface area contributed by atoms with E-state index in [4.69, 9.17) is 9.47 Å². The van der Waals surface area contributed by atoms with Gasteiger partial charge in [-0.3, -0.25) is 0 Å². The van der Waals surface area contributed by atoms with Crippen molar-refractivity contribution in [2.45, 2.75) is 212 Å². The first-order chi connectivity index (χ1) is 19.2. The van der Waals surface area contributed by atoms with Crippen molar-refractivity contribution in [1.82, 2.24) is 0 Å². The van der Waals surface area contributed by atoms with Crippen molar-refractivity contribution in [2.24, 2.45) is 0 Å². The Morgan fingerprint density at radius 1 is 0.538 bits per heavy atom. The average Bonchev–Trinajstić information content (AvgIpc) is 3.59. The fourth-order valence-electron chi connectivity index (χ4n) is 6.29. The zero-order chi connectivity index (χ0) is 27.8. The Hall–Kier alpha value is -0.830. The molecule has 3 atom stereocenters. The first-order valence-corrected chi connectivity index (χ1v) is 17.8. The molecule has 3 nitrogen and oxygen atoms in total. The molecule has 0 aliphatic carbocycles. The third kappa shape index (κ3) is 19.0. The van der Waals surface area contributed by atoms with E-state index in [9.17, 15) is 4.79 Å². The molecule has 2 aliphatic rings. The summed E-state index contributed by atoms with van der Waals surface area (Å²) in [4.78, 5) is 11.6. The van der Waals surface area contributed by atoms with Crippen molar-refractivity contribution < 1.29 is 14.3 Å². The summed E-state index contributed by atoms with van der Waals surface area (Å²) in [5, 5.41) is 0. The molecule has 0 aromatic rings. The van der Waals surface area contributed by atoms with E-state index in [0.717, 1.165) is 18.4 Å². The van der Waals surface area contributed by atoms with Crippen LogP contribution in [0.4, 0.5) is 0 Å². The topological polar surface area (TPSA) is 38.8 Å². The monoisotopic (exact) mass is 547 g/mol. The highest BCUT2D eigenvalue weighted by molar-refractivity contribution is 5.90. The van der Waals surface area contributed by atoms with E-state index in [1.807, 2.05) is 13.0 Å². The Kier molecular flexibility index (Phi) is 21.0. The van der Waals surface area contributed by atoms with Crippen LogP contribution in [0.15, 0.2) is 11.6 Å². The van der Waals surface area contributed by atoms with Crippen LogP contribution in [-0.4, -0.2) is 24.3 Å². The van der Waals surface area contributed by atoms with Gasteiger partial charge < -0.3 is 9.47 Å². The fourth-order valence-corrected chi connectivity index (χ4v) is 6.29. The molecule has 0 spiro atoms. The summed E-state index contributed by atoms with van der Waals surface area (Å²) in [6.45, 7) is 4.23. The Morgan fingerprint density at radius 2 is 0.897 bits per heavy atom. The van der Waals surface area contributed by atoms with Crippen molar-refractivity contribution in [3.63, 3.8) is 0 Å². The van der Waals surface area contributed by atoms with Gasteiger partial charge in [-0.15, -0.1) is 0 Å². The summed E-state index contributed by atoms with van der Waals surface area (Å²) in [5.74, 6) is -0.0895. The summed E-state index contributed by atoms with van der Waals surface area (Å²) < 4.78 is 11.1. The summed E-state index contributed by atoms with van der Waals surface area (Å²) >= 11 is 0. The Labute approximate surface area is 243 Å². The molecule has 228 valence electrons. The molecule has 3 heteroatoms. The molecule has 0 bridgehead atoms.